The Labute approximate surface area is 218 Å². The fourth-order valence-electron chi connectivity index (χ4n) is 3.99. The number of anilines is 1. The summed E-state index contributed by atoms with van der Waals surface area (Å²) in [6.07, 6.45) is -12.5. The molecule has 0 spiro atoms. The van der Waals surface area contributed by atoms with Crippen LogP contribution in [0.3, 0.4) is 0 Å². The molecule has 4 atom stereocenters. The van der Waals surface area contributed by atoms with Gasteiger partial charge in [-0.2, -0.15) is 23.1 Å². The highest BCUT2D eigenvalue weighted by molar-refractivity contribution is 6.28. The van der Waals surface area contributed by atoms with Crippen LogP contribution in [-0.2, 0) is 31.7 Å². The van der Waals surface area contributed by atoms with Gasteiger partial charge in [0.05, 0.1) is 18.5 Å². The summed E-state index contributed by atoms with van der Waals surface area (Å²) in [7, 11) is 0. The van der Waals surface area contributed by atoms with Gasteiger partial charge < -0.3 is 30.5 Å². The first kappa shape index (κ1) is 28.3. The number of aliphatic hydroxyl groups excluding tert-OH is 1. The number of hydrogen-bond acceptors (Lipinski definition) is 9. The molecule has 1 aliphatic heterocycles. The Balaban J connectivity index is 1.58. The minimum absolute atomic E-state index is 0.0314. The number of halogens is 6. The molecule has 0 aliphatic carbocycles. The maximum atomic E-state index is 15.0. The van der Waals surface area contributed by atoms with E-state index in [0.717, 1.165) is 10.9 Å². The van der Waals surface area contributed by atoms with Gasteiger partial charge in [-0.3, -0.25) is 4.57 Å². The largest absolute Gasteiger partial charge is 0.479 e. The monoisotopic (exact) mass is 581 g/mol. The first-order valence-electron chi connectivity index (χ1n) is 10.7. The van der Waals surface area contributed by atoms with E-state index in [1.807, 2.05) is 0 Å². The number of rotatable bonds is 8. The highest BCUT2D eigenvalue weighted by Gasteiger charge is 2.52. The van der Waals surface area contributed by atoms with E-state index in [1.165, 1.54) is 0 Å². The van der Waals surface area contributed by atoms with E-state index in [0.29, 0.717) is 18.2 Å². The molecule has 18 heteroatoms. The molecule has 4 rings (SSSR count). The Bertz CT molecular complexity index is 1420. The molecule has 3 heterocycles. The Hall–Kier alpha value is -3.67. The minimum Gasteiger partial charge on any atom is -0.479 e. The van der Waals surface area contributed by atoms with Crippen molar-refractivity contribution in [2.75, 3.05) is 12.3 Å². The molecule has 210 valence electrons. The number of carbonyl (C=O) groups is 2. The minimum atomic E-state index is -5.05. The maximum absolute atomic E-state index is 15.0. The predicted molar refractivity (Wildman–Crippen MR) is 119 cm³/mol. The molecule has 5 N–H and O–H groups in total. The van der Waals surface area contributed by atoms with Crippen molar-refractivity contribution in [2.24, 2.45) is 0 Å². The van der Waals surface area contributed by atoms with Crippen molar-refractivity contribution in [2.45, 2.75) is 42.8 Å². The first-order chi connectivity index (χ1) is 18.2. The number of alkyl halides is 4. The third-order valence-corrected chi connectivity index (χ3v) is 6.14. The molecule has 0 saturated carbocycles. The van der Waals surface area contributed by atoms with E-state index in [-0.39, 0.29) is 22.3 Å². The number of aromatic nitrogens is 4. The Morgan fingerprint density at radius 1 is 1.21 bits per heavy atom. The van der Waals surface area contributed by atoms with Gasteiger partial charge in [0.25, 0.3) is 5.60 Å². The highest BCUT2D eigenvalue weighted by atomic mass is 35.5. The highest BCUT2D eigenvalue weighted by Crippen LogP contribution is 2.36. The zero-order chi connectivity index (χ0) is 28.9. The molecular weight excluding hydrogens is 565 g/mol. The second kappa shape index (κ2) is 10.1. The smallest absolute Gasteiger partial charge is 0.419 e. The van der Waals surface area contributed by atoms with Crippen LogP contribution in [-0.4, -0.2) is 77.4 Å². The number of carboxylic acids is 2. The van der Waals surface area contributed by atoms with E-state index >= 15 is 4.39 Å². The number of fused-ring (bicyclic) bond motifs is 1. The number of nitrogen functional groups attached to an aromatic ring is 1. The number of imidazole rings is 1. The molecule has 1 aliphatic rings. The van der Waals surface area contributed by atoms with E-state index in [4.69, 9.17) is 26.8 Å². The summed E-state index contributed by atoms with van der Waals surface area (Å²) in [6.45, 7) is -1.01. The van der Waals surface area contributed by atoms with Crippen LogP contribution in [0.2, 0.25) is 5.28 Å². The van der Waals surface area contributed by atoms with Crippen LogP contribution in [0.4, 0.5) is 27.8 Å². The molecule has 3 aromatic rings. The molecule has 0 bridgehead atoms. The lowest BCUT2D eigenvalue weighted by Crippen LogP contribution is -2.52. The van der Waals surface area contributed by atoms with Gasteiger partial charge in [-0.1, -0.05) is 6.07 Å². The third-order valence-electron chi connectivity index (χ3n) is 5.97. The van der Waals surface area contributed by atoms with E-state index in [9.17, 15) is 42.5 Å². The summed E-state index contributed by atoms with van der Waals surface area (Å²) in [6, 6.07) is 1.33. The fraction of sp³-hybridized carbons (Fsp3) is 0.381. The summed E-state index contributed by atoms with van der Waals surface area (Å²) >= 11 is 5.78. The third kappa shape index (κ3) is 5.17. The average molecular weight is 582 g/mol. The van der Waals surface area contributed by atoms with Gasteiger partial charge in [0.2, 0.25) is 5.28 Å². The Morgan fingerprint density at radius 3 is 2.46 bits per heavy atom. The summed E-state index contributed by atoms with van der Waals surface area (Å²) in [4.78, 5) is 35.5. The molecule has 2 aromatic heterocycles. The molecule has 0 amide bonds. The number of benzene rings is 1. The molecule has 0 radical (unpaired) electrons. The van der Waals surface area contributed by atoms with E-state index in [2.05, 4.69) is 15.0 Å². The summed E-state index contributed by atoms with van der Waals surface area (Å²) in [5, 5.41) is 29.4. The van der Waals surface area contributed by atoms with Crippen molar-refractivity contribution in [3.05, 3.63) is 46.8 Å². The van der Waals surface area contributed by atoms with Crippen LogP contribution in [0.15, 0.2) is 24.5 Å². The molecular formula is C21H17ClF5N5O7. The van der Waals surface area contributed by atoms with Crippen LogP contribution >= 0.6 is 11.6 Å². The molecule has 1 saturated heterocycles. The number of nitrogens with zero attached hydrogens (tertiary/aromatic N) is 4. The number of carboxylic acid groups (broad SMARTS) is 2. The van der Waals surface area contributed by atoms with Crippen molar-refractivity contribution in [3.63, 3.8) is 0 Å². The van der Waals surface area contributed by atoms with Gasteiger partial charge in [-0.15, -0.1) is 0 Å². The molecule has 1 fully saturated rings. The standard InChI is InChI=1S/C21H17ClF5N5O7/c22-19-30-14(28)12-15(31-19)32(6-29-12)16-11(24)13(33)10(39-16)5-38-20(17(34)35,18(36)37)4-7-1-2-8(9(23)3-7)21(25,26)27/h1-3,6,10-11,13,16,33H,4-5H2,(H,34,35)(H,36,37)(H2,28,30,31)/t10-,11+,13-,16?/m1/s1. The SMILES string of the molecule is Nc1nc(Cl)nc2c1ncn2C1O[C@H](COC(Cc2ccc(C(F)(F)F)c(F)c2)(C(=O)O)C(=O)O)[C@@H](O)[C@@H]1F. The molecule has 1 aromatic carbocycles. The lowest BCUT2D eigenvalue weighted by molar-refractivity contribution is -0.190. The second-order valence-electron chi connectivity index (χ2n) is 8.44. The van der Waals surface area contributed by atoms with Crippen molar-refractivity contribution >= 4 is 40.5 Å². The van der Waals surface area contributed by atoms with Gasteiger partial charge >= 0.3 is 18.1 Å². The van der Waals surface area contributed by atoms with Crippen LogP contribution in [0.1, 0.15) is 17.4 Å². The molecule has 39 heavy (non-hydrogen) atoms. The predicted octanol–water partition coefficient (Wildman–Crippen LogP) is 1.98. The van der Waals surface area contributed by atoms with Crippen molar-refractivity contribution in [1.29, 1.82) is 0 Å². The zero-order valence-electron chi connectivity index (χ0n) is 19.1. The van der Waals surface area contributed by atoms with Gasteiger partial charge in [0.15, 0.2) is 23.9 Å². The summed E-state index contributed by atoms with van der Waals surface area (Å²) in [5.41, 5.74) is 0.395. The van der Waals surface area contributed by atoms with Crippen LogP contribution in [0.5, 0.6) is 0 Å². The number of hydrogen-bond donors (Lipinski definition) is 4. The number of nitrogens with two attached hydrogens (primary N) is 1. The van der Waals surface area contributed by atoms with Crippen LogP contribution in [0.25, 0.3) is 11.2 Å². The van der Waals surface area contributed by atoms with Crippen LogP contribution in [0, 0.1) is 5.82 Å². The topological polar surface area (TPSA) is 183 Å². The lowest BCUT2D eigenvalue weighted by Gasteiger charge is -2.27. The van der Waals surface area contributed by atoms with Crippen molar-refractivity contribution < 1.29 is 56.3 Å². The normalized spacial score (nSPS) is 21.9. The Kier molecular flexibility index (Phi) is 7.37. The van der Waals surface area contributed by atoms with Gasteiger partial charge in [-0.25, -0.2) is 23.4 Å². The average Bonchev–Trinajstić information content (AvgIpc) is 3.36. The zero-order valence-corrected chi connectivity index (χ0v) is 19.9. The quantitative estimate of drug-likeness (QED) is 0.173. The van der Waals surface area contributed by atoms with Gasteiger partial charge in [0.1, 0.15) is 23.5 Å². The van der Waals surface area contributed by atoms with E-state index in [1.54, 1.807) is 0 Å². The lowest BCUT2D eigenvalue weighted by atomic mass is 9.93. The van der Waals surface area contributed by atoms with Crippen molar-refractivity contribution in [3.8, 4) is 0 Å². The second-order valence-corrected chi connectivity index (χ2v) is 8.78. The van der Waals surface area contributed by atoms with Gasteiger partial charge in [0, 0.05) is 6.42 Å². The molecule has 12 nitrogen and oxygen atoms in total. The summed E-state index contributed by atoms with van der Waals surface area (Å²) < 4.78 is 79.2. The maximum Gasteiger partial charge on any atom is 0.419 e. The first-order valence-corrected chi connectivity index (χ1v) is 11.1. The number of aliphatic carboxylic acids is 2. The Morgan fingerprint density at radius 2 is 1.87 bits per heavy atom. The number of aliphatic hydroxyl groups is 1. The van der Waals surface area contributed by atoms with Gasteiger partial charge in [-0.05, 0) is 29.3 Å². The van der Waals surface area contributed by atoms with E-state index < -0.39 is 78.3 Å². The van der Waals surface area contributed by atoms with Crippen LogP contribution < -0.4 is 5.73 Å². The van der Waals surface area contributed by atoms with Crippen molar-refractivity contribution in [1.82, 2.24) is 19.5 Å². The summed E-state index contributed by atoms with van der Waals surface area (Å²) in [5.74, 6) is -6.10. The molecule has 1 unspecified atom stereocenters. The number of ether oxygens (including phenoxy) is 2. The fourth-order valence-corrected chi connectivity index (χ4v) is 4.16.